The smallest absolute Gasteiger partial charge is 0.322 e. The topological polar surface area (TPSA) is 68.0 Å². The quantitative estimate of drug-likeness (QED) is 0.751. The van der Waals surface area contributed by atoms with Gasteiger partial charge >= 0.3 is 6.01 Å². The van der Waals surface area contributed by atoms with Gasteiger partial charge < -0.3 is 4.42 Å². The molecule has 1 amide bonds. The van der Waals surface area contributed by atoms with E-state index in [0.29, 0.717) is 16.5 Å². The minimum atomic E-state index is -0.250. The zero-order valence-electron chi connectivity index (χ0n) is 13.5. The van der Waals surface area contributed by atoms with E-state index in [-0.39, 0.29) is 11.9 Å². The van der Waals surface area contributed by atoms with E-state index in [1.807, 2.05) is 18.2 Å². The Morgan fingerprint density at radius 2 is 1.76 bits per heavy atom. The third kappa shape index (κ3) is 3.42. The van der Waals surface area contributed by atoms with Crippen molar-refractivity contribution in [2.45, 2.75) is 25.7 Å². The van der Waals surface area contributed by atoms with Gasteiger partial charge in [0, 0.05) is 16.1 Å². The van der Waals surface area contributed by atoms with Crippen molar-refractivity contribution in [2.24, 2.45) is 0 Å². The number of aromatic nitrogens is 2. The number of hydrogen-bond acceptors (Lipinski definition) is 4. The molecule has 0 radical (unpaired) electrons. The van der Waals surface area contributed by atoms with Crippen molar-refractivity contribution in [3.05, 3.63) is 64.2 Å². The van der Waals surface area contributed by atoms with Crippen LogP contribution >= 0.6 is 11.6 Å². The van der Waals surface area contributed by atoms with Crippen LogP contribution in [0, 0.1) is 0 Å². The van der Waals surface area contributed by atoms with E-state index in [2.05, 4.69) is 15.5 Å². The van der Waals surface area contributed by atoms with Crippen LogP contribution in [0.15, 0.2) is 46.9 Å². The number of rotatable bonds is 3. The molecular formula is C19H16ClN3O2. The van der Waals surface area contributed by atoms with Crippen molar-refractivity contribution in [3.8, 4) is 11.5 Å². The molecule has 1 aliphatic carbocycles. The first-order chi connectivity index (χ1) is 12.2. The summed E-state index contributed by atoms with van der Waals surface area (Å²) in [5.74, 6) is 0.0806. The largest absolute Gasteiger partial charge is 0.403 e. The molecule has 1 aliphatic rings. The first kappa shape index (κ1) is 15.8. The lowest BCUT2D eigenvalue weighted by atomic mass is 9.90. The van der Waals surface area contributed by atoms with Crippen LogP contribution in [-0.2, 0) is 12.8 Å². The number of amides is 1. The van der Waals surface area contributed by atoms with Gasteiger partial charge in [0.2, 0.25) is 5.89 Å². The van der Waals surface area contributed by atoms with Crippen molar-refractivity contribution < 1.29 is 9.21 Å². The lowest BCUT2D eigenvalue weighted by Gasteiger charge is -2.16. The molecule has 0 bridgehead atoms. The molecule has 4 rings (SSSR count). The molecular weight excluding hydrogens is 338 g/mol. The van der Waals surface area contributed by atoms with E-state index in [1.54, 1.807) is 24.3 Å². The fourth-order valence-electron chi connectivity index (χ4n) is 3.03. The highest BCUT2D eigenvalue weighted by molar-refractivity contribution is 6.30. The van der Waals surface area contributed by atoms with Crippen LogP contribution in [0.4, 0.5) is 6.01 Å². The molecule has 1 N–H and O–H groups in total. The molecule has 0 atom stereocenters. The van der Waals surface area contributed by atoms with Crippen molar-refractivity contribution in [2.75, 3.05) is 5.32 Å². The van der Waals surface area contributed by atoms with Gasteiger partial charge in [0.05, 0.1) is 0 Å². The molecule has 2 aromatic carbocycles. The Kier molecular flexibility index (Phi) is 4.24. The van der Waals surface area contributed by atoms with Crippen molar-refractivity contribution >= 4 is 23.5 Å². The third-order valence-electron chi connectivity index (χ3n) is 4.35. The van der Waals surface area contributed by atoms with Crippen LogP contribution in [0.5, 0.6) is 0 Å². The van der Waals surface area contributed by atoms with E-state index in [9.17, 15) is 4.79 Å². The molecule has 126 valence electrons. The van der Waals surface area contributed by atoms with E-state index >= 15 is 0 Å². The fraction of sp³-hybridized carbons (Fsp3) is 0.211. The van der Waals surface area contributed by atoms with Crippen molar-refractivity contribution in [3.63, 3.8) is 0 Å². The van der Waals surface area contributed by atoms with Gasteiger partial charge in [0.1, 0.15) is 0 Å². The number of fused-ring (bicyclic) bond motifs is 1. The fourth-order valence-corrected chi connectivity index (χ4v) is 3.15. The van der Waals surface area contributed by atoms with Gasteiger partial charge in [-0.3, -0.25) is 10.1 Å². The van der Waals surface area contributed by atoms with Gasteiger partial charge in [0.25, 0.3) is 5.91 Å². The second-order valence-corrected chi connectivity index (χ2v) is 6.50. The highest BCUT2D eigenvalue weighted by atomic mass is 35.5. The van der Waals surface area contributed by atoms with Crippen LogP contribution in [0.2, 0.25) is 5.02 Å². The third-order valence-corrected chi connectivity index (χ3v) is 4.60. The zero-order valence-corrected chi connectivity index (χ0v) is 14.2. The second kappa shape index (κ2) is 6.69. The SMILES string of the molecule is O=C(Nc1nnc(-c2ccc(Cl)cc2)o1)c1ccc2c(c1)CCCC2. The number of nitrogens with one attached hydrogen (secondary N) is 1. The summed E-state index contributed by atoms with van der Waals surface area (Å²) in [6.07, 6.45) is 4.50. The maximum absolute atomic E-state index is 12.4. The first-order valence-electron chi connectivity index (χ1n) is 8.22. The van der Waals surface area contributed by atoms with E-state index in [1.165, 1.54) is 24.0 Å². The Hall–Kier alpha value is -2.66. The average molecular weight is 354 g/mol. The molecule has 25 heavy (non-hydrogen) atoms. The number of halogens is 1. The molecule has 3 aromatic rings. The van der Waals surface area contributed by atoms with Crippen LogP contribution in [0.3, 0.4) is 0 Å². The zero-order chi connectivity index (χ0) is 17.2. The highest BCUT2D eigenvalue weighted by Gasteiger charge is 2.15. The van der Waals surface area contributed by atoms with Gasteiger partial charge in [0.15, 0.2) is 0 Å². The van der Waals surface area contributed by atoms with Crippen LogP contribution < -0.4 is 5.32 Å². The van der Waals surface area contributed by atoms with Gasteiger partial charge in [-0.25, -0.2) is 0 Å². The molecule has 1 aromatic heterocycles. The Morgan fingerprint density at radius 1 is 1.00 bits per heavy atom. The normalized spacial score (nSPS) is 13.3. The summed E-state index contributed by atoms with van der Waals surface area (Å²) >= 11 is 5.87. The average Bonchev–Trinajstić information content (AvgIpc) is 3.10. The summed E-state index contributed by atoms with van der Waals surface area (Å²) < 4.78 is 5.52. The van der Waals surface area contributed by atoms with Gasteiger partial charge in [-0.05, 0) is 73.2 Å². The second-order valence-electron chi connectivity index (χ2n) is 6.06. The number of aryl methyl sites for hydroxylation is 2. The number of anilines is 1. The lowest BCUT2D eigenvalue weighted by molar-refractivity contribution is 0.102. The highest BCUT2D eigenvalue weighted by Crippen LogP contribution is 2.24. The van der Waals surface area contributed by atoms with Gasteiger partial charge in [-0.1, -0.05) is 22.8 Å². The summed E-state index contributed by atoms with van der Waals surface area (Å²) in [5.41, 5.74) is 3.94. The van der Waals surface area contributed by atoms with E-state index in [0.717, 1.165) is 18.4 Å². The van der Waals surface area contributed by atoms with Crippen LogP contribution in [-0.4, -0.2) is 16.1 Å². The predicted molar refractivity (Wildman–Crippen MR) is 95.8 cm³/mol. The molecule has 0 fully saturated rings. The van der Waals surface area contributed by atoms with Crippen molar-refractivity contribution in [1.82, 2.24) is 10.2 Å². The standard InChI is InChI=1S/C19H16ClN3O2/c20-16-9-7-13(8-10-16)18-22-23-19(25-18)21-17(24)15-6-5-12-3-1-2-4-14(12)11-15/h5-11H,1-4H2,(H,21,23,24). The summed E-state index contributed by atoms with van der Waals surface area (Å²) in [7, 11) is 0. The minimum Gasteiger partial charge on any atom is -0.403 e. The van der Waals surface area contributed by atoms with Crippen molar-refractivity contribution in [1.29, 1.82) is 0 Å². The molecule has 6 heteroatoms. The maximum atomic E-state index is 12.4. The Morgan fingerprint density at radius 3 is 2.56 bits per heavy atom. The summed E-state index contributed by atoms with van der Waals surface area (Å²) in [6, 6.07) is 13.0. The number of carbonyl (C=O) groups is 1. The number of nitrogens with zero attached hydrogens (tertiary/aromatic N) is 2. The molecule has 5 nitrogen and oxygen atoms in total. The van der Waals surface area contributed by atoms with Gasteiger partial charge in [-0.15, -0.1) is 5.10 Å². The summed E-state index contributed by atoms with van der Waals surface area (Å²) in [6.45, 7) is 0. The molecule has 0 aliphatic heterocycles. The maximum Gasteiger partial charge on any atom is 0.322 e. The van der Waals surface area contributed by atoms with E-state index < -0.39 is 0 Å². The molecule has 0 saturated carbocycles. The van der Waals surface area contributed by atoms with E-state index in [4.69, 9.17) is 16.0 Å². The monoisotopic (exact) mass is 353 g/mol. The number of benzene rings is 2. The molecule has 0 spiro atoms. The summed E-state index contributed by atoms with van der Waals surface area (Å²) in [4.78, 5) is 12.4. The van der Waals surface area contributed by atoms with Gasteiger partial charge in [-0.2, -0.15) is 0 Å². The summed E-state index contributed by atoms with van der Waals surface area (Å²) in [5, 5.41) is 11.1. The molecule has 0 saturated heterocycles. The van der Waals surface area contributed by atoms with Crippen LogP contribution in [0.1, 0.15) is 34.3 Å². The lowest BCUT2D eigenvalue weighted by Crippen LogP contribution is -2.13. The minimum absolute atomic E-state index is 0.0765. The molecule has 1 heterocycles. The number of carbonyl (C=O) groups excluding carboxylic acids is 1. The Labute approximate surface area is 150 Å². The Bertz CT molecular complexity index is 919. The predicted octanol–water partition coefficient (Wildman–Crippen LogP) is 4.52. The Balaban J connectivity index is 1.50. The first-order valence-corrected chi connectivity index (χ1v) is 8.59. The van der Waals surface area contributed by atoms with Crippen LogP contribution in [0.25, 0.3) is 11.5 Å². The molecule has 0 unspecified atom stereocenters. The number of hydrogen-bond donors (Lipinski definition) is 1.